The van der Waals surface area contributed by atoms with Gasteiger partial charge >= 0.3 is 0 Å². The molecule has 2 heterocycles. The Morgan fingerprint density at radius 3 is 2.26 bits per heavy atom. The maximum absolute atomic E-state index is 14.3. The van der Waals surface area contributed by atoms with Gasteiger partial charge in [-0.2, -0.15) is 9.49 Å². The van der Waals surface area contributed by atoms with E-state index in [-0.39, 0.29) is 11.6 Å². The highest BCUT2D eigenvalue weighted by Gasteiger charge is 2.23. The first-order valence-corrected chi connectivity index (χ1v) is 10.4. The van der Waals surface area contributed by atoms with Gasteiger partial charge in [-0.05, 0) is 62.7 Å². The quantitative estimate of drug-likeness (QED) is 0.386. The van der Waals surface area contributed by atoms with Crippen LogP contribution in [0, 0.1) is 38.2 Å². The largest absolute Gasteiger partial charge is 0.491 e. The molecule has 0 spiro atoms. The Kier molecular flexibility index (Phi) is 6.41. The van der Waals surface area contributed by atoms with E-state index < -0.39 is 34.7 Å². The number of hydrogen-bond acceptors (Lipinski definition) is 6. The van der Waals surface area contributed by atoms with Crippen molar-refractivity contribution in [2.45, 2.75) is 20.8 Å². The number of nitrogens with zero attached hydrogens (tertiary/aromatic N) is 4. The molecule has 0 fully saturated rings. The molecule has 11 heteroatoms. The molecule has 0 bridgehead atoms. The minimum Gasteiger partial charge on any atom is -0.491 e. The van der Waals surface area contributed by atoms with Crippen LogP contribution in [0.3, 0.4) is 0 Å². The average Bonchev–Trinajstić information content (AvgIpc) is 3.10. The van der Waals surface area contributed by atoms with Gasteiger partial charge in [-0.15, -0.1) is 10.2 Å². The zero-order chi connectivity index (χ0) is 25.3. The van der Waals surface area contributed by atoms with Crippen molar-refractivity contribution in [2.24, 2.45) is 0 Å². The number of rotatable bonds is 6. The summed E-state index contributed by atoms with van der Waals surface area (Å²) in [6.45, 7) is 5.84. The molecule has 35 heavy (non-hydrogen) atoms. The van der Waals surface area contributed by atoms with E-state index >= 15 is 0 Å². The summed E-state index contributed by atoms with van der Waals surface area (Å²) in [7, 11) is 0.972. The number of hydrogen-bond donors (Lipinski definition) is 1. The highest BCUT2D eigenvalue weighted by atomic mass is 19.2. The zero-order valence-corrected chi connectivity index (χ0v) is 19.2. The fourth-order valence-corrected chi connectivity index (χ4v) is 3.27. The molecule has 0 aliphatic carbocycles. The van der Waals surface area contributed by atoms with Crippen LogP contribution in [0.25, 0.3) is 5.82 Å². The van der Waals surface area contributed by atoms with E-state index in [1.165, 1.54) is 24.3 Å². The summed E-state index contributed by atoms with van der Waals surface area (Å²) in [6.07, 6.45) is 0. The molecule has 4 aromatic rings. The number of nitrogens with one attached hydrogen (secondary N) is 1. The summed E-state index contributed by atoms with van der Waals surface area (Å²) in [5, 5.41) is 15.1. The van der Waals surface area contributed by atoms with Crippen LogP contribution in [0.2, 0.25) is 0 Å². The van der Waals surface area contributed by atoms with E-state index in [1.54, 1.807) is 16.8 Å². The minimum atomic E-state index is -1.51. The van der Waals surface area contributed by atoms with Crippen molar-refractivity contribution >= 4 is 11.6 Å². The monoisotopic (exact) mass is 483 g/mol. The lowest BCUT2D eigenvalue weighted by molar-refractivity contribution is 0.102. The van der Waals surface area contributed by atoms with E-state index in [0.29, 0.717) is 17.6 Å². The molecule has 0 atom stereocenters. The molecule has 0 aliphatic rings. The van der Waals surface area contributed by atoms with E-state index in [4.69, 9.17) is 4.74 Å². The van der Waals surface area contributed by atoms with E-state index in [2.05, 4.69) is 25.3 Å². The lowest BCUT2D eigenvalue weighted by Crippen LogP contribution is -2.15. The maximum Gasteiger partial charge on any atom is 0.258 e. The first kappa shape index (κ1) is 23.7. The second-order valence-corrected chi connectivity index (χ2v) is 7.59. The van der Waals surface area contributed by atoms with Crippen LogP contribution in [0.4, 0.5) is 18.9 Å². The van der Waals surface area contributed by atoms with Crippen molar-refractivity contribution in [3.63, 3.8) is 0 Å². The third-order valence-electron chi connectivity index (χ3n) is 5.40. The summed E-state index contributed by atoms with van der Waals surface area (Å²) >= 11 is 0. The molecule has 2 aromatic heterocycles. The van der Waals surface area contributed by atoms with Gasteiger partial charge in [-0.3, -0.25) is 4.79 Å². The fourth-order valence-electron chi connectivity index (χ4n) is 3.27. The highest BCUT2D eigenvalue weighted by molar-refractivity contribution is 6.04. The van der Waals surface area contributed by atoms with Crippen LogP contribution in [0.1, 0.15) is 27.3 Å². The lowest BCUT2D eigenvalue weighted by atomic mass is 10.1. The molecule has 180 valence electrons. The zero-order valence-electron chi connectivity index (χ0n) is 19.2. The minimum absolute atomic E-state index is 0.236. The van der Waals surface area contributed by atoms with Crippen LogP contribution in [0.5, 0.6) is 17.4 Å². The first-order valence-electron chi connectivity index (χ1n) is 10.4. The van der Waals surface area contributed by atoms with Crippen LogP contribution in [0.15, 0.2) is 42.5 Å². The van der Waals surface area contributed by atoms with Gasteiger partial charge in [0.1, 0.15) is 5.75 Å². The highest BCUT2D eigenvalue weighted by Crippen LogP contribution is 2.28. The van der Waals surface area contributed by atoms with Gasteiger partial charge in [0, 0.05) is 17.4 Å². The van der Waals surface area contributed by atoms with Crippen molar-refractivity contribution < 1.29 is 27.4 Å². The Bertz CT molecular complexity index is 1400. The number of amides is 1. The molecular formula is C24H20F3N5O3. The standard InChI is InChI=1S/C24H20F3N5O3/c1-12-13(2)31-32(14(12)3)19-9-10-20(30-29-19)35-16-7-5-15(6-8-16)28-24(33)17-11-18(25)22(27)23(34-4)21(17)26/h5-11H,1-4H3,(H,28,33). The Labute approximate surface area is 198 Å². The summed E-state index contributed by atoms with van der Waals surface area (Å²) < 4.78 is 53.5. The summed E-state index contributed by atoms with van der Waals surface area (Å²) in [4.78, 5) is 12.4. The van der Waals surface area contributed by atoms with Gasteiger partial charge in [0.15, 0.2) is 23.2 Å². The Morgan fingerprint density at radius 1 is 0.971 bits per heavy atom. The van der Waals surface area contributed by atoms with Gasteiger partial charge in [-0.1, -0.05) is 0 Å². The van der Waals surface area contributed by atoms with Crippen LogP contribution in [-0.2, 0) is 0 Å². The van der Waals surface area contributed by atoms with Crippen LogP contribution >= 0.6 is 0 Å². The van der Waals surface area contributed by atoms with Crippen molar-refractivity contribution in [1.82, 2.24) is 20.0 Å². The number of aromatic nitrogens is 4. The lowest BCUT2D eigenvalue weighted by Gasteiger charge is -2.11. The molecule has 0 saturated carbocycles. The molecule has 0 unspecified atom stereocenters. The maximum atomic E-state index is 14.3. The Balaban J connectivity index is 1.45. The van der Waals surface area contributed by atoms with Crippen molar-refractivity contribution in [3.8, 4) is 23.2 Å². The van der Waals surface area contributed by atoms with Crippen molar-refractivity contribution in [3.05, 3.63) is 82.4 Å². The van der Waals surface area contributed by atoms with Gasteiger partial charge in [0.05, 0.1) is 18.4 Å². The topological polar surface area (TPSA) is 91.2 Å². The Hall–Kier alpha value is -4.41. The normalized spacial score (nSPS) is 10.8. The third kappa shape index (κ3) is 4.65. The summed E-state index contributed by atoms with van der Waals surface area (Å²) in [5.74, 6) is -4.99. The molecule has 0 radical (unpaired) electrons. The fraction of sp³-hybridized carbons (Fsp3) is 0.167. The number of carbonyl (C=O) groups is 1. The average molecular weight is 483 g/mol. The number of aryl methyl sites for hydroxylation is 1. The van der Waals surface area contributed by atoms with Gasteiger partial charge in [-0.25, -0.2) is 13.5 Å². The van der Waals surface area contributed by atoms with Gasteiger partial charge < -0.3 is 14.8 Å². The molecule has 0 saturated heterocycles. The molecule has 1 N–H and O–H groups in total. The number of anilines is 1. The van der Waals surface area contributed by atoms with E-state index in [1.807, 2.05) is 20.8 Å². The second kappa shape index (κ2) is 9.45. The SMILES string of the molecule is COc1c(F)c(F)cc(C(=O)Nc2ccc(Oc3ccc(-n4nc(C)c(C)c4C)nn3)cc2)c1F. The molecule has 2 aromatic carbocycles. The molecule has 4 rings (SSSR count). The number of halogens is 3. The van der Waals surface area contributed by atoms with Crippen molar-refractivity contribution in [2.75, 3.05) is 12.4 Å². The smallest absolute Gasteiger partial charge is 0.258 e. The van der Waals surface area contributed by atoms with Crippen molar-refractivity contribution in [1.29, 1.82) is 0 Å². The number of carbonyl (C=O) groups excluding carboxylic acids is 1. The number of methoxy groups -OCH3 is 1. The third-order valence-corrected chi connectivity index (χ3v) is 5.40. The molecule has 8 nitrogen and oxygen atoms in total. The molecular weight excluding hydrogens is 463 g/mol. The van der Waals surface area contributed by atoms with Gasteiger partial charge in [0.2, 0.25) is 11.7 Å². The first-order chi connectivity index (χ1) is 16.7. The van der Waals surface area contributed by atoms with Gasteiger partial charge in [0.25, 0.3) is 5.91 Å². The molecule has 0 aliphatic heterocycles. The van der Waals surface area contributed by atoms with E-state index in [9.17, 15) is 18.0 Å². The number of benzene rings is 2. The predicted molar refractivity (Wildman–Crippen MR) is 121 cm³/mol. The predicted octanol–water partition coefficient (Wildman–Crippen LogP) is 5.06. The van der Waals surface area contributed by atoms with E-state index in [0.717, 1.165) is 24.1 Å². The molecule has 1 amide bonds. The summed E-state index contributed by atoms with van der Waals surface area (Å²) in [6, 6.07) is 9.89. The number of ether oxygens (including phenoxy) is 2. The Morgan fingerprint density at radius 2 is 1.69 bits per heavy atom. The van der Waals surface area contributed by atoms with Crippen LogP contribution in [-0.4, -0.2) is 33.0 Å². The second-order valence-electron chi connectivity index (χ2n) is 7.59. The summed E-state index contributed by atoms with van der Waals surface area (Å²) in [5.41, 5.74) is 2.51. The van der Waals surface area contributed by atoms with Crippen LogP contribution < -0.4 is 14.8 Å².